The monoisotopic (exact) mass is 308 g/mol. The molecule has 0 aliphatic heterocycles. The molecule has 2 heteroatoms. The molecule has 2 nitrogen and oxygen atoms in total. The lowest BCUT2D eigenvalue weighted by Crippen LogP contribution is -2.50. The minimum absolute atomic E-state index is 0.722. The van der Waals surface area contributed by atoms with Crippen LogP contribution in [0.4, 0.5) is 0 Å². The van der Waals surface area contributed by atoms with Gasteiger partial charge < -0.3 is 10.6 Å². The van der Waals surface area contributed by atoms with Gasteiger partial charge in [0, 0.05) is 25.2 Å². The van der Waals surface area contributed by atoms with E-state index in [1.807, 2.05) is 0 Å². The van der Waals surface area contributed by atoms with Gasteiger partial charge in [-0.25, -0.2) is 0 Å². The first-order chi connectivity index (χ1) is 10.4. The highest BCUT2D eigenvalue weighted by Gasteiger charge is 2.32. The molecule has 22 heavy (non-hydrogen) atoms. The molecule has 0 aromatic heterocycles. The van der Waals surface area contributed by atoms with E-state index in [4.69, 9.17) is 0 Å². The second kappa shape index (κ2) is 8.15. The zero-order chi connectivity index (χ0) is 16.3. The summed E-state index contributed by atoms with van der Waals surface area (Å²) < 4.78 is 0. The summed E-state index contributed by atoms with van der Waals surface area (Å²) in [5, 5.41) is 7.71. The molecule has 2 saturated carbocycles. The normalized spacial score (nSPS) is 46.6. The summed E-state index contributed by atoms with van der Waals surface area (Å²) in [6, 6.07) is 1.44. The first-order valence-corrected chi connectivity index (χ1v) is 9.85. The van der Waals surface area contributed by atoms with Gasteiger partial charge in [0.05, 0.1) is 0 Å². The van der Waals surface area contributed by atoms with Crippen LogP contribution in [0.2, 0.25) is 0 Å². The van der Waals surface area contributed by atoms with Crippen molar-refractivity contribution in [2.24, 2.45) is 35.5 Å². The van der Waals surface area contributed by atoms with E-state index in [-0.39, 0.29) is 0 Å². The minimum atomic E-state index is 0.722. The molecule has 2 N–H and O–H groups in total. The summed E-state index contributed by atoms with van der Waals surface area (Å²) in [7, 11) is 0. The largest absolute Gasteiger partial charge is 0.312 e. The molecule has 2 aliphatic carbocycles. The van der Waals surface area contributed by atoms with E-state index in [1.54, 1.807) is 0 Å². The summed E-state index contributed by atoms with van der Waals surface area (Å²) in [5.74, 6) is 5.12. The molecule has 2 fully saturated rings. The van der Waals surface area contributed by atoms with Crippen LogP contribution in [0.3, 0.4) is 0 Å². The summed E-state index contributed by atoms with van der Waals surface area (Å²) in [5.41, 5.74) is 0. The van der Waals surface area contributed by atoms with Gasteiger partial charge in [0.2, 0.25) is 0 Å². The third-order valence-electron chi connectivity index (χ3n) is 6.43. The predicted molar refractivity (Wildman–Crippen MR) is 97.0 cm³/mol. The Morgan fingerprint density at radius 3 is 1.09 bits per heavy atom. The van der Waals surface area contributed by atoms with E-state index >= 15 is 0 Å². The standard InChI is InChI=1S/C20H40N2/c1-13-9-15(3)19(16(4)10-13)21-7-8-22-20-17(5)11-14(2)12-18(20)6/h13-22H,7-12H2,1-6H3. The van der Waals surface area contributed by atoms with Gasteiger partial charge >= 0.3 is 0 Å². The van der Waals surface area contributed by atoms with Crippen molar-refractivity contribution >= 4 is 0 Å². The van der Waals surface area contributed by atoms with Crippen LogP contribution in [-0.4, -0.2) is 25.2 Å². The van der Waals surface area contributed by atoms with Crippen LogP contribution < -0.4 is 10.6 Å². The fourth-order valence-electron chi connectivity index (χ4n) is 5.72. The molecule has 2 rings (SSSR count). The Morgan fingerprint density at radius 2 is 0.818 bits per heavy atom. The predicted octanol–water partition coefficient (Wildman–Crippen LogP) is 4.31. The van der Waals surface area contributed by atoms with Crippen molar-refractivity contribution in [2.75, 3.05) is 13.1 Å². The van der Waals surface area contributed by atoms with Crippen molar-refractivity contribution in [1.29, 1.82) is 0 Å². The molecule has 130 valence electrons. The Balaban J connectivity index is 1.70. The van der Waals surface area contributed by atoms with E-state index in [1.165, 1.54) is 25.7 Å². The lowest BCUT2D eigenvalue weighted by atomic mass is 9.73. The van der Waals surface area contributed by atoms with Gasteiger partial charge in [-0.3, -0.25) is 0 Å². The van der Waals surface area contributed by atoms with Crippen LogP contribution >= 0.6 is 0 Å². The number of hydrogen-bond donors (Lipinski definition) is 2. The van der Waals surface area contributed by atoms with Crippen LogP contribution in [0, 0.1) is 35.5 Å². The number of hydrogen-bond acceptors (Lipinski definition) is 2. The first kappa shape index (κ1) is 18.3. The molecule has 4 unspecified atom stereocenters. The Hall–Kier alpha value is -0.0800. The lowest BCUT2D eigenvalue weighted by molar-refractivity contribution is 0.152. The molecule has 0 radical (unpaired) electrons. The van der Waals surface area contributed by atoms with Crippen LogP contribution in [-0.2, 0) is 0 Å². The summed E-state index contributed by atoms with van der Waals surface area (Å²) in [6.07, 6.45) is 5.57. The van der Waals surface area contributed by atoms with Gasteiger partial charge in [-0.05, 0) is 61.2 Å². The minimum Gasteiger partial charge on any atom is -0.312 e. The molecular formula is C20H40N2. The third kappa shape index (κ3) is 4.71. The Labute approximate surface area is 139 Å². The SMILES string of the molecule is CC1CC(C)C(NCCNC2C(C)CC(C)CC2C)C(C)C1. The first-order valence-electron chi connectivity index (χ1n) is 9.85. The van der Waals surface area contributed by atoms with Crippen LogP contribution in [0.1, 0.15) is 67.2 Å². The average Bonchev–Trinajstić information content (AvgIpc) is 2.38. The fraction of sp³-hybridized carbons (Fsp3) is 1.00. The van der Waals surface area contributed by atoms with Crippen LogP contribution in [0.5, 0.6) is 0 Å². The highest BCUT2D eigenvalue weighted by atomic mass is 15.0. The molecule has 4 atom stereocenters. The zero-order valence-electron chi connectivity index (χ0n) is 15.9. The van der Waals surface area contributed by atoms with Gasteiger partial charge in [0.1, 0.15) is 0 Å². The van der Waals surface area contributed by atoms with Gasteiger partial charge in [0.25, 0.3) is 0 Å². The quantitative estimate of drug-likeness (QED) is 0.740. The van der Waals surface area contributed by atoms with E-state index in [9.17, 15) is 0 Å². The zero-order valence-corrected chi connectivity index (χ0v) is 15.9. The van der Waals surface area contributed by atoms with Crippen molar-refractivity contribution in [1.82, 2.24) is 10.6 Å². The Morgan fingerprint density at radius 1 is 0.545 bits per heavy atom. The van der Waals surface area contributed by atoms with Gasteiger partial charge in [-0.2, -0.15) is 0 Å². The van der Waals surface area contributed by atoms with E-state index in [0.717, 1.165) is 60.7 Å². The average molecular weight is 309 g/mol. The molecular weight excluding hydrogens is 268 g/mol. The van der Waals surface area contributed by atoms with Crippen molar-refractivity contribution in [2.45, 2.75) is 79.3 Å². The van der Waals surface area contributed by atoms with Crippen molar-refractivity contribution in [3.05, 3.63) is 0 Å². The second-order valence-electron chi connectivity index (χ2n) is 9.02. The highest BCUT2D eigenvalue weighted by molar-refractivity contribution is 4.88. The molecule has 0 heterocycles. The molecule has 0 bridgehead atoms. The third-order valence-corrected chi connectivity index (χ3v) is 6.43. The maximum atomic E-state index is 3.86. The van der Waals surface area contributed by atoms with Crippen molar-refractivity contribution < 1.29 is 0 Å². The summed E-state index contributed by atoms with van der Waals surface area (Å²) >= 11 is 0. The lowest BCUT2D eigenvalue weighted by Gasteiger charge is -2.40. The van der Waals surface area contributed by atoms with Crippen LogP contribution in [0.15, 0.2) is 0 Å². The second-order valence-corrected chi connectivity index (χ2v) is 9.02. The van der Waals surface area contributed by atoms with Crippen molar-refractivity contribution in [3.63, 3.8) is 0 Å². The van der Waals surface area contributed by atoms with Crippen LogP contribution in [0.25, 0.3) is 0 Å². The van der Waals surface area contributed by atoms with E-state index < -0.39 is 0 Å². The smallest absolute Gasteiger partial charge is 0.0119 e. The maximum absolute atomic E-state index is 3.86. The Bertz CT molecular complexity index is 274. The molecule has 0 amide bonds. The summed E-state index contributed by atoms with van der Waals surface area (Å²) in [6.45, 7) is 16.8. The molecule has 0 aromatic carbocycles. The van der Waals surface area contributed by atoms with Crippen molar-refractivity contribution in [3.8, 4) is 0 Å². The number of rotatable bonds is 5. The fourth-order valence-corrected chi connectivity index (χ4v) is 5.72. The maximum Gasteiger partial charge on any atom is 0.0119 e. The Kier molecular flexibility index (Phi) is 6.76. The molecule has 0 spiro atoms. The molecule has 0 aromatic rings. The molecule has 0 saturated heterocycles. The van der Waals surface area contributed by atoms with E-state index in [2.05, 4.69) is 52.2 Å². The topological polar surface area (TPSA) is 24.1 Å². The molecule has 2 aliphatic rings. The van der Waals surface area contributed by atoms with Gasteiger partial charge in [-0.1, -0.05) is 41.5 Å². The summed E-state index contributed by atoms with van der Waals surface area (Å²) in [4.78, 5) is 0. The van der Waals surface area contributed by atoms with Gasteiger partial charge in [-0.15, -0.1) is 0 Å². The van der Waals surface area contributed by atoms with E-state index in [0.29, 0.717) is 0 Å². The highest BCUT2D eigenvalue weighted by Crippen LogP contribution is 2.34. The van der Waals surface area contributed by atoms with Gasteiger partial charge in [0.15, 0.2) is 0 Å². The number of nitrogens with one attached hydrogen (secondary N) is 2.